The topological polar surface area (TPSA) is 98.2 Å². The molecule has 1 aromatic carbocycles. The third kappa shape index (κ3) is 4.42. The SMILES string of the molecule is NCC#Cc1ccccc1CNS(N)(=O)=O. The Hall–Kier alpha value is -1.39. The summed E-state index contributed by atoms with van der Waals surface area (Å²) in [5, 5.41) is 4.84. The Balaban J connectivity index is 2.87. The molecule has 0 spiro atoms. The van der Waals surface area contributed by atoms with Gasteiger partial charge in [0, 0.05) is 12.1 Å². The predicted molar refractivity (Wildman–Crippen MR) is 62.3 cm³/mol. The van der Waals surface area contributed by atoms with Crippen LogP contribution in [0.5, 0.6) is 0 Å². The van der Waals surface area contributed by atoms with Crippen LogP contribution >= 0.6 is 0 Å². The monoisotopic (exact) mass is 239 g/mol. The average Bonchev–Trinajstić information content (AvgIpc) is 2.23. The van der Waals surface area contributed by atoms with Crippen LogP contribution in [0.4, 0.5) is 0 Å². The Morgan fingerprint density at radius 2 is 2.00 bits per heavy atom. The molecule has 0 amide bonds. The van der Waals surface area contributed by atoms with Crippen molar-refractivity contribution in [1.29, 1.82) is 0 Å². The molecule has 16 heavy (non-hydrogen) atoms. The van der Waals surface area contributed by atoms with Gasteiger partial charge in [-0.25, -0.2) is 5.14 Å². The molecule has 1 aromatic rings. The lowest BCUT2D eigenvalue weighted by Gasteiger charge is -2.04. The van der Waals surface area contributed by atoms with Crippen LogP contribution in [-0.2, 0) is 16.8 Å². The summed E-state index contributed by atoms with van der Waals surface area (Å²) in [5.41, 5.74) is 6.77. The Labute approximate surface area is 95.0 Å². The molecule has 5 nitrogen and oxygen atoms in total. The number of hydrogen-bond acceptors (Lipinski definition) is 3. The van der Waals surface area contributed by atoms with Crippen LogP contribution in [0.2, 0.25) is 0 Å². The lowest BCUT2D eigenvalue weighted by molar-refractivity contribution is 0.583. The van der Waals surface area contributed by atoms with Crippen LogP contribution in [0.3, 0.4) is 0 Å². The molecule has 0 radical (unpaired) electrons. The summed E-state index contributed by atoms with van der Waals surface area (Å²) in [6, 6.07) is 7.19. The minimum absolute atomic E-state index is 0.119. The van der Waals surface area contributed by atoms with Crippen molar-refractivity contribution in [1.82, 2.24) is 4.72 Å². The molecule has 5 N–H and O–H groups in total. The van der Waals surface area contributed by atoms with Crippen LogP contribution in [0.25, 0.3) is 0 Å². The smallest absolute Gasteiger partial charge is 0.274 e. The summed E-state index contributed by atoms with van der Waals surface area (Å²) < 4.78 is 23.7. The van der Waals surface area contributed by atoms with Gasteiger partial charge in [0.25, 0.3) is 10.2 Å². The lowest BCUT2D eigenvalue weighted by Crippen LogP contribution is -2.30. The van der Waals surface area contributed by atoms with Gasteiger partial charge < -0.3 is 5.73 Å². The number of nitrogens with two attached hydrogens (primary N) is 2. The van der Waals surface area contributed by atoms with Gasteiger partial charge in [0.1, 0.15) is 0 Å². The zero-order valence-electron chi connectivity index (χ0n) is 8.60. The highest BCUT2D eigenvalue weighted by atomic mass is 32.2. The van der Waals surface area contributed by atoms with Crippen LogP contribution < -0.4 is 15.6 Å². The van der Waals surface area contributed by atoms with Gasteiger partial charge in [-0.05, 0) is 11.6 Å². The summed E-state index contributed by atoms with van der Waals surface area (Å²) in [6.45, 7) is 0.380. The number of hydrogen-bond donors (Lipinski definition) is 3. The lowest BCUT2D eigenvalue weighted by atomic mass is 10.1. The molecule has 86 valence electrons. The second-order valence-electron chi connectivity index (χ2n) is 3.03. The first kappa shape index (κ1) is 12.7. The molecule has 0 atom stereocenters. The van der Waals surface area contributed by atoms with E-state index in [1.54, 1.807) is 18.2 Å². The van der Waals surface area contributed by atoms with Crippen molar-refractivity contribution in [3.8, 4) is 11.8 Å². The molecule has 0 saturated heterocycles. The quantitative estimate of drug-likeness (QED) is 0.608. The first-order valence-corrected chi connectivity index (χ1v) is 6.12. The fourth-order valence-electron chi connectivity index (χ4n) is 1.12. The number of benzene rings is 1. The van der Waals surface area contributed by atoms with Crippen molar-refractivity contribution < 1.29 is 8.42 Å². The molecule has 0 aromatic heterocycles. The van der Waals surface area contributed by atoms with Crippen LogP contribution in [0.1, 0.15) is 11.1 Å². The average molecular weight is 239 g/mol. The zero-order valence-corrected chi connectivity index (χ0v) is 9.42. The van der Waals surface area contributed by atoms with Gasteiger partial charge in [-0.3, -0.25) is 0 Å². The molecule has 1 rings (SSSR count). The van der Waals surface area contributed by atoms with Crippen LogP contribution in [-0.4, -0.2) is 15.0 Å². The van der Waals surface area contributed by atoms with Gasteiger partial charge >= 0.3 is 0 Å². The van der Waals surface area contributed by atoms with Crippen LogP contribution in [0, 0.1) is 11.8 Å². The van der Waals surface area contributed by atoms with Gasteiger partial charge in [-0.2, -0.15) is 13.1 Å². The van der Waals surface area contributed by atoms with E-state index in [2.05, 4.69) is 16.6 Å². The van der Waals surface area contributed by atoms with Crippen LogP contribution in [0.15, 0.2) is 24.3 Å². The largest absolute Gasteiger partial charge is 0.320 e. The maximum absolute atomic E-state index is 10.7. The molecule has 0 heterocycles. The molecule has 0 unspecified atom stereocenters. The summed E-state index contributed by atoms with van der Waals surface area (Å²) >= 11 is 0. The van der Waals surface area contributed by atoms with Crippen molar-refractivity contribution in [2.75, 3.05) is 6.54 Å². The van der Waals surface area contributed by atoms with E-state index in [1.807, 2.05) is 6.07 Å². The predicted octanol–water partition coefficient (Wildman–Crippen LogP) is -0.710. The van der Waals surface area contributed by atoms with E-state index in [9.17, 15) is 8.42 Å². The van der Waals surface area contributed by atoms with Gasteiger partial charge in [-0.15, -0.1) is 0 Å². The first-order valence-electron chi connectivity index (χ1n) is 4.57. The Morgan fingerprint density at radius 3 is 2.62 bits per heavy atom. The summed E-state index contributed by atoms with van der Waals surface area (Å²) in [7, 11) is -3.68. The highest BCUT2D eigenvalue weighted by molar-refractivity contribution is 7.87. The Bertz CT molecular complexity index is 514. The molecule has 0 bridgehead atoms. The van der Waals surface area contributed by atoms with Gasteiger partial charge in [0.05, 0.1) is 6.54 Å². The third-order valence-electron chi connectivity index (χ3n) is 1.81. The molecule has 0 aliphatic heterocycles. The zero-order chi connectivity index (χ0) is 12.0. The fraction of sp³-hybridized carbons (Fsp3) is 0.200. The summed E-state index contributed by atoms with van der Waals surface area (Å²) in [5.74, 6) is 5.57. The maximum Gasteiger partial charge on any atom is 0.274 e. The van der Waals surface area contributed by atoms with E-state index in [1.165, 1.54) is 0 Å². The standard InChI is InChI=1S/C10H13N3O2S/c11-7-3-6-9-4-1-2-5-10(9)8-13-16(12,14)15/h1-2,4-5,13H,7-8,11H2,(H2,12,14,15). The highest BCUT2D eigenvalue weighted by Crippen LogP contribution is 2.06. The first-order chi connectivity index (χ1) is 7.53. The molecular weight excluding hydrogens is 226 g/mol. The normalized spacial score (nSPS) is 10.6. The maximum atomic E-state index is 10.7. The summed E-state index contributed by atoms with van der Waals surface area (Å²) in [6.07, 6.45) is 0. The molecule has 0 aliphatic carbocycles. The second kappa shape index (κ2) is 5.63. The fourth-order valence-corrected chi connectivity index (χ4v) is 1.48. The van der Waals surface area contributed by atoms with Gasteiger partial charge in [0.15, 0.2) is 0 Å². The molecular formula is C10H13N3O2S. The number of rotatable bonds is 3. The Morgan fingerprint density at radius 1 is 1.31 bits per heavy atom. The number of nitrogens with one attached hydrogen (secondary N) is 1. The van der Waals surface area contributed by atoms with Crippen molar-refractivity contribution >= 4 is 10.2 Å². The van der Waals surface area contributed by atoms with Crippen molar-refractivity contribution in [3.05, 3.63) is 35.4 Å². The van der Waals surface area contributed by atoms with Gasteiger partial charge in [0.2, 0.25) is 0 Å². The highest BCUT2D eigenvalue weighted by Gasteiger charge is 2.03. The van der Waals surface area contributed by atoms with E-state index >= 15 is 0 Å². The third-order valence-corrected chi connectivity index (χ3v) is 2.35. The summed E-state index contributed by atoms with van der Waals surface area (Å²) in [4.78, 5) is 0. The molecule has 6 heteroatoms. The van der Waals surface area contributed by atoms with Gasteiger partial charge in [-0.1, -0.05) is 30.0 Å². The minimum atomic E-state index is -3.68. The molecule has 0 fully saturated rings. The van der Waals surface area contributed by atoms with Crippen molar-refractivity contribution in [2.45, 2.75) is 6.54 Å². The molecule has 0 aliphatic rings. The minimum Gasteiger partial charge on any atom is -0.320 e. The Kier molecular flexibility index (Phi) is 4.46. The van der Waals surface area contributed by atoms with E-state index in [4.69, 9.17) is 10.9 Å². The van der Waals surface area contributed by atoms with E-state index in [0.29, 0.717) is 0 Å². The van der Waals surface area contributed by atoms with E-state index in [-0.39, 0.29) is 13.1 Å². The van der Waals surface area contributed by atoms with E-state index < -0.39 is 10.2 Å². The second-order valence-corrected chi connectivity index (χ2v) is 4.41. The van der Waals surface area contributed by atoms with Crippen molar-refractivity contribution in [2.24, 2.45) is 10.9 Å². The van der Waals surface area contributed by atoms with Crippen molar-refractivity contribution in [3.63, 3.8) is 0 Å². The molecule has 0 saturated carbocycles. The van der Waals surface area contributed by atoms with E-state index in [0.717, 1.165) is 11.1 Å².